The smallest absolute Gasteiger partial charge is 0.348 e. The number of aromatic nitrogens is 2. The average Bonchev–Trinajstić information content (AvgIpc) is 2.94. The number of nitrogens with zero attached hydrogens (tertiary/aromatic N) is 1. The van der Waals surface area contributed by atoms with Gasteiger partial charge in [0.05, 0.1) is 17.5 Å². The van der Waals surface area contributed by atoms with E-state index in [0.717, 1.165) is 35.6 Å². The zero-order valence-electron chi connectivity index (χ0n) is 13.5. The Labute approximate surface area is 154 Å². The molecule has 26 heavy (non-hydrogen) atoms. The van der Waals surface area contributed by atoms with E-state index in [2.05, 4.69) is 14.7 Å². The summed E-state index contributed by atoms with van der Waals surface area (Å²) in [4.78, 5) is 31.4. The number of ether oxygens (including phenoxy) is 1. The zero-order valence-corrected chi connectivity index (χ0v) is 15.1. The molecule has 0 fully saturated rings. The lowest BCUT2D eigenvalue weighted by Gasteiger charge is -2.01. The first-order chi connectivity index (χ1) is 12.3. The van der Waals surface area contributed by atoms with Gasteiger partial charge in [0.2, 0.25) is 0 Å². The Morgan fingerprint density at radius 2 is 2.12 bits per heavy atom. The van der Waals surface area contributed by atoms with Crippen LogP contribution in [0, 0.1) is 18.6 Å². The molecule has 0 aliphatic carbocycles. The van der Waals surface area contributed by atoms with Crippen LogP contribution in [0.15, 0.2) is 23.0 Å². The summed E-state index contributed by atoms with van der Waals surface area (Å²) in [5.41, 5.74) is -0.135. The van der Waals surface area contributed by atoms with E-state index in [4.69, 9.17) is 11.6 Å². The third kappa shape index (κ3) is 3.25. The van der Waals surface area contributed by atoms with Crippen LogP contribution in [0.4, 0.5) is 8.78 Å². The van der Waals surface area contributed by atoms with Crippen LogP contribution in [0.1, 0.15) is 26.6 Å². The lowest BCUT2D eigenvalue weighted by Crippen LogP contribution is -2.10. The lowest BCUT2D eigenvalue weighted by molar-refractivity contribution is 0.0605. The molecule has 2 aromatic heterocycles. The van der Waals surface area contributed by atoms with Crippen molar-refractivity contribution in [3.05, 3.63) is 62.0 Å². The van der Waals surface area contributed by atoms with Gasteiger partial charge in [-0.15, -0.1) is 11.3 Å². The van der Waals surface area contributed by atoms with Crippen molar-refractivity contribution in [3.8, 4) is 0 Å². The molecule has 0 saturated carbocycles. The molecule has 1 N–H and O–H groups in total. The van der Waals surface area contributed by atoms with Crippen molar-refractivity contribution in [2.45, 2.75) is 6.92 Å². The van der Waals surface area contributed by atoms with Gasteiger partial charge in [0.25, 0.3) is 5.56 Å². The molecule has 0 unspecified atom stereocenters. The highest BCUT2D eigenvalue weighted by atomic mass is 35.5. The number of rotatable bonds is 3. The number of carbonyl (C=O) groups excluding carboxylic acids is 1. The molecule has 0 spiro atoms. The van der Waals surface area contributed by atoms with E-state index in [1.807, 2.05) is 0 Å². The van der Waals surface area contributed by atoms with Gasteiger partial charge in [-0.25, -0.2) is 18.6 Å². The molecule has 0 amide bonds. The molecule has 0 saturated heterocycles. The number of thiophene rings is 1. The number of carbonyl (C=O) groups is 1. The summed E-state index contributed by atoms with van der Waals surface area (Å²) >= 11 is 7.11. The number of esters is 1. The number of methoxy groups -OCH3 is 1. The molecule has 0 aliphatic rings. The minimum absolute atomic E-state index is 0.0227. The lowest BCUT2D eigenvalue weighted by atomic mass is 10.2. The average molecular weight is 397 g/mol. The molecule has 0 atom stereocenters. The van der Waals surface area contributed by atoms with E-state index >= 15 is 0 Å². The number of fused-ring (bicyclic) bond motifs is 1. The highest BCUT2D eigenvalue weighted by Crippen LogP contribution is 2.29. The van der Waals surface area contributed by atoms with Crippen LogP contribution in [-0.4, -0.2) is 23.0 Å². The van der Waals surface area contributed by atoms with Crippen molar-refractivity contribution in [2.24, 2.45) is 0 Å². The Morgan fingerprint density at radius 3 is 2.81 bits per heavy atom. The molecule has 0 radical (unpaired) electrons. The molecule has 2 heterocycles. The number of nitrogens with one attached hydrogen (secondary N) is 1. The molecule has 1 aromatic carbocycles. The first kappa shape index (κ1) is 18.2. The first-order valence-corrected chi connectivity index (χ1v) is 8.45. The number of halogens is 3. The predicted molar refractivity (Wildman–Crippen MR) is 96.4 cm³/mol. The number of hydrogen-bond donors (Lipinski definition) is 1. The summed E-state index contributed by atoms with van der Waals surface area (Å²) < 4.78 is 31.7. The number of aromatic amines is 1. The van der Waals surface area contributed by atoms with E-state index in [1.165, 1.54) is 7.11 Å². The predicted octanol–water partition coefficient (Wildman–Crippen LogP) is 4.09. The van der Waals surface area contributed by atoms with Crippen molar-refractivity contribution in [2.75, 3.05) is 7.11 Å². The van der Waals surface area contributed by atoms with Crippen LogP contribution in [0.25, 0.3) is 21.3 Å². The molecule has 0 aliphatic heterocycles. The normalized spacial score (nSPS) is 11.8. The summed E-state index contributed by atoms with van der Waals surface area (Å²) in [7, 11) is 1.24. The summed E-state index contributed by atoms with van der Waals surface area (Å²) in [6, 6.07) is 2.92. The van der Waals surface area contributed by atoms with E-state index in [0.29, 0.717) is 5.56 Å². The number of benzene rings is 1. The molecule has 5 nitrogen and oxygen atoms in total. The largest absolute Gasteiger partial charge is 0.465 e. The third-order valence-electron chi connectivity index (χ3n) is 3.64. The molecule has 134 valence electrons. The Bertz CT molecular complexity index is 1120. The summed E-state index contributed by atoms with van der Waals surface area (Å²) in [6.45, 7) is 1.61. The maximum absolute atomic E-state index is 13.8. The van der Waals surface area contributed by atoms with Crippen molar-refractivity contribution < 1.29 is 18.3 Å². The van der Waals surface area contributed by atoms with Gasteiger partial charge in [0, 0.05) is 5.56 Å². The van der Waals surface area contributed by atoms with Gasteiger partial charge < -0.3 is 9.72 Å². The molecule has 0 bridgehead atoms. The minimum atomic E-state index is -0.673. The second kappa shape index (κ2) is 6.97. The fraction of sp³-hybridized carbons (Fsp3) is 0.118. The molecular weight excluding hydrogens is 386 g/mol. The Hall–Kier alpha value is -2.58. The maximum atomic E-state index is 13.8. The first-order valence-electron chi connectivity index (χ1n) is 7.26. The summed E-state index contributed by atoms with van der Waals surface area (Å²) in [6.07, 6.45) is 1.16. The molecular formula is C17H11ClF2N2O3S. The fourth-order valence-corrected chi connectivity index (χ4v) is 3.68. The molecule has 9 heteroatoms. The topological polar surface area (TPSA) is 72.0 Å². The standard InChI is InChI=1S/C17H11ClF2N2O3S/c1-7-12-15(23)21-14(22-16(12)26-13(7)17(24)25-2)10(18)6-8-5-9(19)3-4-11(8)20/h3-6H,1-2H3,(H,21,22,23)/b10-6-. The van der Waals surface area contributed by atoms with Crippen molar-refractivity contribution in [1.82, 2.24) is 9.97 Å². The van der Waals surface area contributed by atoms with Gasteiger partial charge in [-0.1, -0.05) is 11.6 Å². The quantitative estimate of drug-likeness (QED) is 0.677. The zero-order chi connectivity index (χ0) is 19.0. The second-order valence-corrected chi connectivity index (χ2v) is 6.71. The van der Waals surface area contributed by atoms with E-state index in [1.54, 1.807) is 6.92 Å². The Morgan fingerprint density at radius 1 is 1.38 bits per heavy atom. The molecule has 3 aromatic rings. The van der Waals surface area contributed by atoms with Gasteiger partial charge in [0.1, 0.15) is 21.3 Å². The Balaban J connectivity index is 2.14. The van der Waals surface area contributed by atoms with E-state index in [-0.39, 0.29) is 31.5 Å². The fourth-order valence-electron chi connectivity index (χ4n) is 2.37. The van der Waals surface area contributed by atoms with Gasteiger partial charge in [-0.05, 0) is 36.8 Å². The van der Waals surface area contributed by atoms with Crippen molar-refractivity contribution in [3.63, 3.8) is 0 Å². The van der Waals surface area contributed by atoms with Crippen LogP contribution < -0.4 is 5.56 Å². The monoisotopic (exact) mass is 396 g/mol. The van der Waals surface area contributed by atoms with Crippen LogP contribution >= 0.6 is 22.9 Å². The SMILES string of the molecule is COC(=O)c1sc2nc(/C(Cl)=C/c3cc(F)ccc3F)[nH]c(=O)c2c1C. The van der Waals surface area contributed by atoms with Gasteiger partial charge in [-0.3, -0.25) is 4.79 Å². The van der Waals surface area contributed by atoms with Crippen molar-refractivity contribution >= 4 is 50.2 Å². The number of H-pyrrole nitrogens is 1. The highest BCUT2D eigenvalue weighted by Gasteiger charge is 2.20. The second-order valence-electron chi connectivity index (χ2n) is 5.30. The summed E-state index contributed by atoms with van der Waals surface area (Å²) in [5.74, 6) is -1.90. The van der Waals surface area contributed by atoms with Crippen LogP contribution in [0.2, 0.25) is 0 Å². The third-order valence-corrected chi connectivity index (χ3v) is 5.09. The number of hydrogen-bond acceptors (Lipinski definition) is 5. The van der Waals surface area contributed by atoms with Crippen LogP contribution in [-0.2, 0) is 4.74 Å². The van der Waals surface area contributed by atoms with Gasteiger partial charge in [0.15, 0.2) is 5.82 Å². The number of aryl methyl sites for hydroxylation is 1. The van der Waals surface area contributed by atoms with Crippen LogP contribution in [0.5, 0.6) is 0 Å². The highest BCUT2D eigenvalue weighted by molar-refractivity contribution is 7.20. The Kier molecular flexibility index (Phi) is 4.88. The van der Waals surface area contributed by atoms with Gasteiger partial charge >= 0.3 is 5.97 Å². The molecule has 3 rings (SSSR count). The van der Waals surface area contributed by atoms with E-state index in [9.17, 15) is 18.4 Å². The minimum Gasteiger partial charge on any atom is -0.465 e. The van der Waals surface area contributed by atoms with E-state index < -0.39 is 23.2 Å². The maximum Gasteiger partial charge on any atom is 0.348 e. The van der Waals surface area contributed by atoms with Crippen LogP contribution in [0.3, 0.4) is 0 Å². The van der Waals surface area contributed by atoms with Crippen molar-refractivity contribution in [1.29, 1.82) is 0 Å². The summed E-state index contributed by atoms with van der Waals surface area (Å²) in [5, 5.41) is 0.166. The van der Waals surface area contributed by atoms with Gasteiger partial charge in [-0.2, -0.15) is 0 Å².